The molecular weight excluding hydrogens is 206 g/mol. The van der Waals surface area contributed by atoms with Crippen molar-refractivity contribution >= 4 is 11.3 Å². The zero-order valence-electron chi connectivity index (χ0n) is 9.86. The lowest BCUT2D eigenvalue weighted by Gasteiger charge is -2.08. The van der Waals surface area contributed by atoms with E-state index in [2.05, 4.69) is 31.1 Å². The summed E-state index contributed by atoms with van der Waals surface area (Å²) >= 11 is 1.73. The predicted octanol–water partition coefficient (Wildman–Crippen LogP) is 2.90. The third kappa shape index (κ3) is 4.31. The van der Waals surface area contributed by atoms with Gasteiger partial charge in [0.1, 0.15) is 0 Å². The summed E-state index contributed by atoms with van der Waals surface area (Å²) in [6.07, 6.45) is 3.01. The molecule has 0 saturated carbocycles. The van der Waals surface area contributed by atoms with Crippen LogP contribution in [0, 0.1) is 11.8 Å². The summed E-state index contributed by atoms with van der Waals surface area (Å²) in [4.78, 5) is 4.59. The van der Waals surface area contributed by atoms with Crippen LogP contribution in [0.1, 0.15) is 37.9 Å². The van der Waals surface area contributed by atoms with Crippen LogP contribution >= 0.6 is 11.3 Å². The van der Waals surface area contributed by atoms with Crippen LogP contribution in [0.3, 0.4) is 0 Å². The Hall–Kier alpha value is -0.410. The molecule has 1 aromatic rings. The predicted molar refractivity (Wildman–Crippen MR) is 65.2 cm³/mol. The summed E-state index contributed by atoms with van der Waals surface area (Å²) in [5, 5.41) is 12.4. The van der Waals surface area contributed by atoms with E-state index >= 15 is 0 Å². The summed E-state index contributed by atoms with van der Waals surface area (Å²) in [6.45, 7) is 6.81. The van der Waals surface area contributed by atoms with E-state index < -0.39 is 0 Å². The van der Waals surface area contributed by atoms with Crippen molar-refractivity contribution in [1.29, 1.82) is 0 Å². The van der Waals surface area contributed by atoms with Crippen molar-refractivity contribution in [3.05, 3.63) is 16.1 Å². The third-order valence-electron chi connectivity index (χ3n) is 2.52. The number of aromatic nitrogens is 1. The first kappa shape index (κ1) is 12.7. The quantitative estimate of drug-likeness (QED) is 0.810. The zero-order valence-corrected chi connectivity index (χ0v) is 10.7. The van der Waals surface area contributed by atoms with Crippen molar-refractivity contribution in [3.63, 3.8) is 0 Å². The van der Waals surface area contributed by atoms with E-state index in [9.17, 15) is 0 Å². The minimum absolute atomic E-state index is 0.273. The van der Waals surface area contributed by atoms with Gasteiger partial charge in [-0.15, -0.1) is 11.3 Å². The van der Waals surface area contributed by atoms with Crippen LogP contribution in [0.25, 0.3) is 0 Å². The first-order chi connectivity index (χ1) is 7.15. The average molecular weight is 227 g/mol. The van der Waals surface area contributed by atoms with Gasteiger partial charge in [-0.25, -0.2) is 4.98 Å². The fraction of sp³-hybridized carbons (Fsp3) is 0.750. The molecule has 0 bridgehead atoms. The molecule has 2 nitrogen and oxygen atoms in total. The number of thiazole rings is 1. The minimum Gasteiger partial charge on any atom is -0.396 e. The molecule has 0 aromatic carbocycles. The van der Waals surface area contributed by atoms with Crippen LogP contribution in [0.5, 0.6) is 0 Å². The summed E-state index contributed by atoms with van der Waals surface area (Å²) in [5.41, 5.74) is 1.21. The first-order valence-corrected chi connectivity index (χ1v) is 6.57. The Bertz CT molecular complexity index is 279. The first-order valence-electron chi connectivity index (χ1n) is 5.69. The van der Waals surface area contributed by atoms with Gasteiger partial charge < -0.3 is 5.11 Å². The molecule has 1 N–H and O–H groups in total. The minimum atomic E-state index is 0.273. The van der Waals surface area contributed by atoms with Crippen molar-refractivity contribution in [2.75, 3.05) is 6.61 Å². The van der Waals surface area contributed by atoms with E-state index in [-0.39, 0.29) is 6.61 Å². The Kier molecular flexibility index (Phi) is 5.26. The zero-order chi connectivity index (χ0) is 11.3. The Balaban J connectivity index is 2.52. The highest BCUT2D eigenvalue weighted by Crippen LogP contribution is 2.18. The highest BCUT2D eigenvalue weighted by Gasteiger charge is 2.10. The normalized spacial score (nSPS) is 13.4. The van der Waals surface area contributed by atoms with Crippen LogP contribution in [-0.4, -0.2) is 16.7 Å². The Morgan fingerprint density at radius 2 is 2.13 bits per heavy atom. The van der Waals surface area contributed by atoms with Crippen molar-refractivity contribution < 1.29 is 5.11 Å². The van der Waals surface area contributed by atoms with Crippen molar-refractivity contribution in [2.24, 2.45) is 11.8 Å². The smallest absolute Gasteiger partial charge is 0.0931 e. The average Bonchev–Trinajstić information content (AvgIpc) is 2.61. The monoisotopic (exact) mass is 227 g/mol. The Morgan fingerprint density at radius 3 is 2.67 bits per heavy atom. The van der Waals surface area contributed by atoms with E-state index in [1.54, 1.807) is 11.3 Å². The van der Waals surface area contributed by atoms with Crippen molar-refractivity contribution in [2.45, 2.75) is 40.0 Å². The standard InChI is InChI=1S/C12H21NOS/c1-4-10(7-14)6-12-13-11(8-15-12)5-9(2)3/h8-10,14H,4-7H2,1-3H3. The van der Waals surface area contributed by atoms with Crippen LogP contribution in [0.2, 0.25) is 0 Å². The molecule has 1 heterocycles. The molecule has 0 spiro atoms. The molecule has 0 saturated heterocycles. The summed E-state index contributed by atoms with van der Waals surface area (Å²) in [7, 11) is 0. The van der Waals surface area contributed by atoms with Gasteiger partial charge in [0.25, 0.3) is 0 Å². The van der Waals surface area contributed by atoms with Crippen LogP contribution in [-0.2, 0) is 12.8 Å². The molecule has 1 atom stereocenters. The second-order valence-electron chi connectivity index (χ2n) is 4.49. The van der Waals surface area contributed by atoms with Gasteiger partial charge in [-0.3, -0.25) is 0 Å². The molecule has 15 heavy (non-hydrogen) atoms. The number of rotatable bonds is 6. The number of aliphatic hydroxyl groups is 1. The number of nitrogens with zero attached hydrogens (tertiary/aromatic N) is 1. The lowest BCUT2D eigenvalue weighted by Crippen LogP contribution is -2.08. The second-order valence-corrected chi connectivity index (χ2v) is 5.43. The van der Waals surface area contributed by atoms with E-state index in [0.29, 0.717) is 11.8 Å². The van der Waals surface area contributed by atoms with Gasteiger partial charge in [0, 0.05) is 18.4 Å². The number of aliphatic hydroxyl groups excluding tert-OH is 1. The maximum atomic E-state index is 9.12. The van der Waals surface area contributed by atoms with E-state index in [1.807, 2.05) is 0 Å². The van der Waals surface area contributed by atoms with Crippen molar-refractivity contribution in [1.82, 2.24) is 4.98 Å². The molecule has 0 aliphatic heterocycles. The van der Waals surface area contributed by atoms with Crippen LogP contribution in [0.15, 0.2) is 5.38 Å². The fourth-order valence-corrected chi connectivity index (χ4v) is 2.46. The second kappa shape index (κ2) is 6.23. The van der Waals surface area contributed by atoms with Gasteiger partial charge in [0.2, 0.25) is 0 Å². The lowest BCUT2D eigenvalue weighted by atomic mass is 10.0. The summed E-state index contributed by atoms with van der Waals surface area (Å²) < 4.78 is 0. The third-order valence-corrected chi connectivity index (χ3v) is 3.44. The molecule has 3 heteroatoms. The molecule has 0 aliphatic rings. The topological polar surface area (TPSA) is 33.1 Å². The highest BCUT2D eigenvalue weighted by molar-refractivity contribution is 7.09. The van der Waals surface area contributed by atoms with Crippen LogP contribution in [0.4, 0.5) is 0 Å². The molecule has 0 radical (unpaired) electrons. The molecule has 86 valence electrons. The summed E-state index contributed by atoms with van der Waals surface area (Å²) in [5.74, 6) is 1.04. The van der Waals surface area contributed by atoms with Gasteiger partial charge in [0.15, 0.2) is 0 Å². The lowest BCUT2D eigenvalue weighted by molar-refractivity contribution is 0.222. The van der Waals surface area contributed by atoms with Gasteiger partial charge in [-0.1, -0.05) is 27.2 Å². The molecule has 1 aromatic heterocycles. The molecule has 0 amide bonds. The van der Waals surface area contributed by atoms with E-state index in [1.165, 1.54) is 10.7 Å². The van der Waals surface area contributed by atoms with Gasteiger partial charge in [0.05, 0.1) is 10.7 Å². The molecule has 1 unspecified atom stereocenters. The van der Waals surface area contributed by atoms with Gasteiger partial charge in [-0.2, -0.15) is 0 Å². The largest absolute Gasteiger partial charge is 0.396 e. The Labute approximate surface area is 96.4 Å². The fourth-order valence-electron chi connectivity index (χ4n) is 1.54. The molecular formula is C12H21NOS. The molecule has 0 fully saturated rings. The van der Waals surface area contributed by atoms with E-state index in [0.717, 1.165) is 19.3 Å². The van der Waals surface area contributed by atoms with Gasteiger partial charge in [-0.05, 0) is 18.3 Å². The highest BCUT2D eigenvalue weighted by atomic mass is 32.1. The Morgan fingerprint density at radius 1 is 1.40 bits per heavy atom. The summed E-state index contributed by atoms with van der Waals surface area (Å²) in [6, 6.07) is 0. The number of hydrogen-bond donors (Lipinski definition) is 1. The van der Waals surface area contributed by atoms with Gasteiger partial charge >= 0.3 is 0 Å². The molecule has 1 rings (SSSR count). The molecule has 0 aliphatic carbocycles. The maximum absolute atomic E-state index is 9.12. The van der Waals surface area contributed by atoms with Crippen molar-refractivity contribution in [3.8, 4) is 0 Å². The number of hydrogen-bond acceptors (Lipinski definition) is 3. The maximum Gasteiger partial charge on any atom is 0.0931 e. The SMILES string of the molecule is CCC(CO)Cc1nc(CC(C)C)cs1. The van der Waals surface area contributed by atoms with Crippen LogP contribution < -0.4 is 0 Å². The van der Waals surface area contributed by atoms with E-state index in [4.69, 9.17) is 5.11 Å².